The van der Waals surface area contributed by atoms with Gasteiger partial charge in [0.25, 0.3) is 0 Å². The minimum Gasteiger partial charge on any atom is -0.343 e. The molecule has 0 unspecified atom stereocenters. The number of amides is 1. The number of piperidine rings is 1. The van der Waals surface area contributed by atoms with Gasteiger partial charge in [0.05, 0.1) is 11.4 Å². The van der Waals surface area contributed by atoms with E-state index in [2.05, 4.69) is 63.6 Å². The fourth-order valence-corrected chi connectivity index (χ4v) is 5.94. The summed E-state index contributed by atoms with van der Waals surface area (Å²) in [6, 6.07) is 17.0. The van der Waals surface area contributed by atoms with E-state index in [1.807, 2.05) is 11.8 Å². The molecule has 2 aromatic rings. The van der Waals surface area contributed by atoms with Crippen LogP contribution in [0, 0.1) is 5.41 Å². The lowest BCUT2D eigenvalue weighted by atomic mass is 9.78. The van der Waals surface area contributed by atoms with E-state index in [4.69, 9.17) is 0 Å². The fourth-order valence-electron chi connectivity index (χ4n) is 4.84. The van der Waals surface area contributed by atoms with Crippen LogP contribution in [0.5, 0.6) is 0 Å². The summed E-state index contributed by atoms with van der Waals surface area (Å²) < 4.78 is 0. The molecule has 2 fully saturated rings. The van der Waals surface area contributed by atoms with Gasteiger partial charge in [-0.3, -0.25) is 4.79 Å². The molecule has 0 aromatic heterocycles. The Labute approximate surface area is 171 Å². The van der Waals surface area contributed by atoms with Gasteiger partial charge in [0.2, 0.25) is 5.91 Å². The van der Waals surface area contributed by atoms with Crippen LogP contribution in [-0.4, -0.2) is 43.5 Å². The molecule has 0 saturated carbocycles. The highest BCUT2D eigenvalue weighted by Crippen LogP contribution is 2.47. The summed E-state index contributed by atoms with van der Waals surface area (Å²) in [7, 11) is 0. The first-order valence-electron chi connectivity index (χ1n) is 10.4. The summed E-state index contributed by atoms with van der Waals surface area (Å²) in [6.45, 7) is 4.84. The largest absolute Gasteiger partial charge is 0.343 e. The van der Waals surface area contributed by atoms with Crippen molar-refractivity contribution in [2.24, 2.45) is 5.41 Å². The first kappa shape index (κ1) is 18.1. The maximum Gasteiger partial charge on any atom is 0.224 e. The highest BCUT2D eigenvalue weighted by atomic mass is 32.2. The van der Waals surface area contributed by atoms with Gasteiger partial charge >= 0.3 is 0 Å². The molecule has 1 amide bonds. The number of carbonyl (C=O) groups excluding carboxylic acids is 1. The van der Waals surface area contributed by atoms with Crippen molar-refractivity contribution in [2.45, 2.75) is 35.5 Å². The Hall–Kier alpha value is -1.98. The smallest absolute Gasteiger partial charge is 0.224 e. The van der Waals surface area contributed by atoms with Crippen LogP contribution in [0.2, 0.25) is 0 Å². The third kappa shape index (κ3) is 3.31. The monoisotopic (exact) mass is 393 g/mol. The van der Waals surface area contributed by atoms with Gasteiger partial charge in [0.1, 0.15) is 0 Å². The van der Waals surface area contributed by atoms with Gasteiger partial charge in [0, 0.05) is 42.4 Å². The van der Waals surface area contributed by atoms with Crippen LogP contribution in [0.3, 0.4) is 0 Å². The van der Waals surface area contributed by atoms with Gasteiger partial charge in [-0.25, -0.2) is 0 Å². The predicted molar refractivity (Wildman–Crippen MR) is 114 cm³/mol. The number of anilines is 2. The number of rotatable bonds is 3. The Morgan fingerprint density at radius 1 is 0.964 bits per heavy atom. The van der Waals surface area contributed by atoms with Gasteiger partial charge in [-0.2, -0.15) is 0 Å². The van der Waals surface area contributed by atoms with E-state index in [1.54, 1.807) is 0 Å². The van der Waals surface area contributed by atoms with Crippen molar-refractivity contribution in [3.63, 3.8) is 0 Å². The van der Waals surface area contributed by atoms with E-state index in [9.17, 15) is 4.79 Å². The van der Waals surface area contributed by atoms with Crippen LogP contribution in [0.25, 0.3) is 0 Å². The molecule has 3 aliphatic rings. The maximum absolute atomic E-state index is 12.9. The second kappa shape index (κ2) is 7.45. The van der Waals surface area contributed by atoms with E-state index >= 15 is 0 Å². The van der Waals surface area contributed by atoms with E-state index in [0.717, 1.165) is 45.6 Å². The van der Waals surface area contributed by atoms with Gasteiger partial charge in [-0.15, -0.1) is 0 Å². The van der Waals surface area contributed by atoms with Crippen molar-refractivity contribution >= 4 is 29.0 Å². The predicted octanol–water partition coefficient (Wildman–Crippen LogP) is 4.28. The molecule has 5 heteroatoms. The van der Waals surface area contributed by atoms with Crippen LogP contribution in [-0.2, 0) is 4.79 Å². The Kier molecular flexibility index (Phi) is 4.81. The zero-order chi connectivity index (χ0) is 19.0. The highest BCUT2D eigenvalue weighted by molar-refractivity contribution is 7.99. The third-order valence-electron chi connectivity index (χ3n) is 6.59. The van der Waals surface area contributed by atoms with E-state index in [-0.39, 0.29) is 0 Å². The van der Waals surface area contributed by atoms with Crippen LogP contribution in [0.4, 0.5) is 11.4 Å². The first-order chi connectivity index (χ1) is 13.7. The second-order valence-electron chi connectivity index (χ2n) is 8.25. The van der Waals surface area contributed by atoms with Gasteiger partial charge in [-0.05, 0) is 55.5 Å². The van der Waals surface area contributed by atoms with Gasteiger partial charge in [-0.1, -0.05) is 36.0 Å². The van der Waals surface area contributed by atoms with Crippen LogP contribution >= 0.6 is 11.8 Å². The normalized spacial score (nSPS) is 20.1. The summed E-state index contributed by atoms with van der Waals surface area (Å²) in [4.78, 5) is 19.9. The van der Waals surface area contributed by atoms with Crippen molar-refractivity contribution in [1.82, 2.24) is 10.2 Å². The number of nitrogens with zero attached hydrogens (tertiary/aromatic N) is 2. The molecular formula is C23H27N3OS. The topological polar surface area (TPSA) is 35.6 Å². The molecule has 3 heterocycles. The van der Waals surface area contributed by atoms with Crippen LogP contribution < -0.4 is 10.2 Å². The summed E-state index contributed by atoms with van der Waals surface area (Å²) in [5.74, 6) is 0.300. The number of fused-ring (bicyclic) bond motifs is 2. The average molecular weight is 394 g/mol. The van der Waals surface area contributed by atoms with Gasteiger partial charge < -0.3 is 15.1 Å². The molecule has 0 radical (unpaired) electrons. The first-order valence-corrected chi connectivity index (χ1v) is 11.2. The summed E-state index contributed by atoms with van der Waals surface area (Å²) in [5, 5.41) is 3.50. The van der Waals surface area contributed by atoms with E-state index in [0.29, 0.717) is 17.7 Å². The standard InChI is InChI=1S/C23H27N3OS/c27-22(25-15-11-23(12-16-25)10-13-24-17-23)9-14-26-18-5-1-3-7-20(18)28-21-8-4-2-6-19(21)26/h1-8,24H,9-17H2. The third-order valence-corrected chi connectivity index (χ3v) is 7.72. The van der Waals surface area contributed by atoms with Crippen molar-refractivity contribution in [2.75, 3.05) is 37.6 Å². The van der Waals surface area contributed by atoms with Crippen LogP contribution in [0.1, 0.15) is 25.7 Å². The average Bonchev–Trinajstić information content (AvgIpc) is 3.19. The molecule has 146 valence electrons. The van der Waals surface area contributed by atoms with Gasteiger partial charge in [0.15, 0.2) is 0 Å². The number of nitrogens with one attached hydrogen (secondary N) is 1. The lowest BCUT2D eigenvalue weighted by molar-refractivity contribution is -0.133. The summed E-state index contributed by atoms with van der Waals surface area (Å²) >= 11 is 1.82. The van der Waals surface area contributed by atoms with E-state index in [1.165, 1.54) is 27.6 Å². The second-order valence-corrected chi connectivity index (χ2v) is 9.33. The molecule has 1 N–H and O–H groups in total. The minimum absolute atomic E-state index is 0.300. The minimum atomic E-state index is 0.300. The number of benzene rings is 2. The molecule has 0 aliphatic carbocycles. The van der Waals surface area contributed by atoms with Crippen molar-refractivity contribution in [1.29, 1.82) is 0 Å². The Morgan fingerprint density at radius 3 is 2.21 bits per heavy atom. The Bertz CT molecular complexity index is 822. The molecule has 5 rings (SSSR count). The fraction of sp³-hybridized carbons (Fsp3) is 0.435. The van der Waals surface area contributed by atoms with Crippen molar-refractivity contribution < 1.29 is 4.79 Å². The van der Waals surface area contributed by atoms with Crippen molar-refractivity contribution in [3.05, 3.63) is 48.5 Å². The molecule has 28 heavy (non-hydrogen) atoms. The van der Waals surface area contributed by atoms with Crippen molar-refractivity contribution in [3.8, 4) is 0 Å². The molecule has 1 spiro atoms. The molecule has 0 atom stereocenters. The molecule has 2 saturated heterocycles. The number of carbonyl (C=O) groups is 1. The molecule has 2 aromatic carbocycles. The number of hydrogen-bond donors (Lipinski definition) is 1. The number of likely N-dealkylation sites (tertiary alicyclic amines) is 1. The maximum atomic E-state index is 12.9. The SMILES string of the molecule is O=C(CCN1c2ccccc2Sc2ccccc21)N1CCC2(CCNC2)CC1. The lowest BCUT2D eigenvalue weighted by Crippen LogP contribution is -2.44. The Morgan fingerprint density at radius 2 is 1.61 bits per heavy atom. The van der Waals surface area contributed by atoms with E-state index < -0.39 is 0 Å². The number of hydrogen-bond acceptors (Lipinski definition) is 4. The molecule has 3 aliphatic heterocycles. The molecular weight excluding hydrogens is 366 g/mol. The van der Waals surface area contributed by atoms with Crippen LogP contribution in [0.15, 0.2) is 58.3 Å². The zero-order valence-electron chi connectivity index (χ0n) is 16.2. The Balaban J connectivity index is 1.27. The summed E-state index contributed by atoms with van der Waals surface area (Å²) in [5.41, 5.74) is 2.89. The highest BCUT2D eigenvalue weighted by Gasteiger charge is 2.38. The zero-order valence-corrected chi connectivity index (χ0v) is 17.0. The lowest BCUT2D eigenvalue weighted by Gasteiger charge is -2.39. The summed E-state index contributed by atoms with van der Waals surface area (Å²) in [6.07, 6.45) is 4.14. The molecule has 0 bridgehead atoms. The number of para-hydroxylation sites is 2. The molecule has 4 nitrogen and oxygen atoms in total. The quantitative estimate of drug-likeness (QED) is 0.844.